The monoisotopic (exact) mass is 240 g/mol. The average molecular weight is 240 g/mol. The lowest BCUT2D eigenvalue weighted by Gasteiger charge is -2.15. The van der Waals surface area contributed by atoms with Crippen molar-refractivity contribution in [2.75, 3.05) is 12.9 Å². The van der Waals surface area contributed by atoms with Crippen molar-refractivity contribution in [2.45, 2.75) is 24.8 Å². The summed E-state index contributed by atoms with van der Waals surface area (Å²) in [6, 6.07) is 7.63. The summed E-state index contributed by atoms with van der Waals surface area (Å²) in [6.07, 6.45) is 1.39. The van der Waals surface area contributed by atoms with Gasteiger partial charge in [-0.2, -0.15) is 0 Å². The van der Waals surface area contributed by atoms with E-state index in [-0.39, 0.29) is 5.97 Å². The Balaban J connectivity index is 2.68. The number of benzene rings is 1. The third-order valence-corrected chi connectivity index (χ3v) is 2.77. The van der Waals surface area contributed by atoms with Gasteiger partial charge in [0.05, 0.1) is 6.61 Å². The van der Waals surface area contributed by atoms with Gasteiger partial charge in [-0.25, -0.2) is 4.79 Å². The van der Waals surface area contributed by atoms with Crippen molar-refractivity contribution in [1.29, 1.82) is 0 Å². The minimum absolute atomic E-state index is 0.335. The van der Waals surface area contributed by atoms with Gasteiger partial charge in [0.1, 0.15) is 5.75 Å². The van der Waals surface area contributed by atoms with Gasteiger partial charge in [0, 0.05) is 4.90 Å². The topological polar surface area (TPSA) is 35.5 Å². The largest absolute Gasteiger partial charge is 0.478 e. The van der Waals surface area contributed by atoms with Crippen molar-refractivity contribution in [3.63, 3.8) is 0 Å². The molecule has 16 heavy (non-hydrogen) atoms. The molecule has 0 saturated heterocycles. The normalized spacial score (nSPS) is 11.9. The molecule has 0 unspecified atom stereocenters. The molecule has 0 amide bonds. The molecule has 0 fully saturated rings. The van der Waals surface area contributed by atoms with Gasteiger partial charge in [0.2, 0.25) is 0 Å². The molecule has 0 aromatic heterocycles. The summed E-state index contributed by atoms with van der Waals surface area (Å²) in [4.78, 5) is 12.4. The van der Waals surface area contributed by atoms with Crippen molar-refractivity contribution < 1.29 is 14.3 Å². The highest BCUT2D eigenvalue weighted by Crippen LogP contribution is 2.27. The standard InChI is InChI=1S/C12H16O3S/c1-4-14-12(13)9(2)15-10-7-5-6-8-11(10)16-3/h5-9H,4H2,1-3H3/t9-/m1/s1. The molecule has 4 heteroatoms. The molecule has 0 spiro atoms. The Labute approximate surface area is 100 Å². The Morgan fingerprint density at radius 2 is 2.12 bits per heavy atom. The van der Waals surface area contributed by atoms with Gasteiger partial charge in [-0.05, 0) is 32.2 Å². The van der Waals surface area contributed by atoms with E-state index in [0.717, 1.165) is 10.6 Å². The summed E-state index contributed by atoms with van der Waals surface area (Å²) in [5.41, 5.74) is 0. The summed E-state index contributed by atoms with van der Waals surface area (Å²) >= 11 is 1.59. The third-order valence-electron chi connectivity index (χ3n) is 1.99. The van der Waals surface area contributed by atoms with Crippen molar-refractivity contribution >= 4 is 17.7 Å². The first-order valence-corrected chi connectivity index (χ1v) is 6.37. The molecule has 0 radical (unpaired) electrons. The Morgan fingerprint density at radius 3 is 2.75 bits per heavy atom. The van der Waals surface area contributed by atoms with E-state index in [2.05, 4.69) is 0 Å². The number of hydrogen-bond donors (Lipinski definition) is 0. The van der Waals surface area contributed by atoms with Crippen LogP contribution < -0.4 is 4.74 Å². The number of rotatable bonds is 5. The number of hydrogen-bond acceptors (Lipinski definition) is 4. The molecule has 1 aromatic rings. The molecule has 0 aliphatic rings. The number of esters is 1. The quantitative estimate of drug-likeness (QED) is 0.585. The van der Waals surface area contributed by atoms with Crippen LogP contribution in [-0.2, 0) is 9.53 Å². The maximum atomic E-state index is 11.4. The second-order valence-corrected chi connectivity index (χ2v) is 4.01. The molecule has 0 N–H and O–H groups in total. The lowest BCUT2D eigenvalue weighted by Crippen LogP contribution is -2.26. The lowest BCUT2D eigenvalue weighted by atomic mass is 10.3. The Morgan fingerprint density at radius 1 is 1.44 bits per heavy atom. The highest BCUT2D eigenvalue weighted by Gasteiger charge is 2.16. The Hall–Kier alpha value is -1.16. The Bertz CT molecular complexity index is 352. The molecule has 0 aliphatic carbocycles. The molecule has 0 heterocycles. The predicted octanol–water partition coefficient (Wildman–Crippen LogP) is 2.74. The summed E-state index contributed by atoms with van der Waals surface area (Å²) in [7, 11) is 0. The fourth-order valence-corrected chi connectivity index (χ4v) is 1.75. The minimum atomic E-state index is -0.576. The first-order valence-electron chi connectivity index (χ1n) is 5.15. The molecule has 0 aliphatic heterocycles. The van der Waals surface area contributed by atoms with Crippen LogP contribution in [0.1, 0.15) is 13.8 Å². The highest BCUT2D eigenvalue weighted by molar-refractivity contribution is 7.98. The van der Waals surface area contributed by atoms with Crippen LogP contribution in [0, 0.1) is 0 Å². The van der Waals surface area contributed by atoms with Crippen LogP contribution in [0.4, 0.5) is 0 Å². The van der Waals surface area contributed by atoms with Crippen molar-refractivity contribution in [1.82, 2.24) is 0 Å². The zero-order chi connectivity index (χ0) is 12.0. The van der Waals surface area contributed by atoms with E-state index in [4.69, 9.17) is 9.47 Å². The van der Waals surface area contributed by atoms with E-state index in [1.54, 1.807) is 25.6 Å². The fourth-order valence-electron chi connectivity index (χ4n) is 1.21. The van der Waals surface area contributed by atoms with Crippen LogP contribution in [0.25, 0.3) is 0 Å². The zero-order valence-corrected chi connectivity index (χ0v) is 10.5. The molecule has 1 rings (SSSR count). The second kappa shape index (κ2) is 6.43. The van der Waals surface area contributed by atoms with Crippen molar-refractivity contribution in [3.05, 3.63) is 24.3 Å². The lowest BCUT2D eigenvalue weighted by molar-refractivity contribution is -0.150. The van der Waals surface area contributed by atoms with Gasteiger partial charge in [0.15, 0.2) is 6.10 Å². The average Bonchev–Trinajstić information content (AvgIpc) is 2.30. The maximum absolute atomic E-state index is 11.4. The second-order valence-electron chi connectivity index (χ2n) is 3.16. The molecule has 1 atom stereocenters. The molecule has 0 saturated carbocycles. The van der Waals surface area contributed by atoms with Gasteiger partial charge >= 0.3 is 5.97 Å². The molecule has 88 valence electrons. The number of carbonyl (C=O) groups excluding carboxylic acids is 1. The van der Waals surface area contributed by atoms with Gasteiger partial charge in [0.25, 0.3) is 0 Å². The van der Waals surface area contributed by atoms with E-state index >= 15 is 0 Å². The number of para-hydroxylation sites is 1. The van der Waals surface area contributed by atoms with E-state index in [0.29, 0.717) is 6.61 Å². The van der Waals surface area contributed by atoms with E-state index in [1.807, 2.05) is 30.5 Å². The van der Waals surface area contributed by atoms with Crippen molar-refractivity contribution in [3.8, 4) is 5.75 Å². The summed E-state index contributed by atoms with van der Waals surface area (Å²) in [5, 5.41) is 0. The minimum Gasteiger partial charge on any atom is -0.478 e. The van der Waals surface area contributed by atoms with Gasteiger partial charge in [-0.1, -0.05) is 12.1 Å². The SMILES string of the molecule is CCOC(=O)[C@@H](C)Oc1ccccc1SC. The fraction of sp³-hybridized carbons (Fsp3) is 0.417. The molecular weight excluding hydrogens is 224 g/mol. The predicted molar refractivity (Wildman–Crippen MR) is 64.9 cm³/mol. The van der Waals surface area contributed by atoms with Crippen LogP contribution in [0.3, 0.4) is 0 Å². The highest BCUT2D eigenvalue weighted by atomic mass is 32.2. The summed E-state index contributed by atoms with van der Waals surface area (Å²) in [5.74, 6) is 0.383. The van der Waals surface area contributed by atoms with E-state index < -0.39 is 6.10 Å². The number of carbonyl (C=O) groups is 1. The maximum Gasteiger partial charge on any atom is 0.347 e. The molecule has 3 nitrogen and oxygen atoms in total. The van der Waals surface area contributed by atoms with Gasteiger partial charge in [-0.15, -0.1) is 11.8 Å². The van der Waals surface area contributed by atoms with E-state index in [1.165, 1.54) is 0 Å². The summed E-state index contributed by atoms with van der Waals surface area (Å²) in [6.45, 7) is 3.84. The molecule has 1 aromatic carbocycles. The van der Waals surface area contributed by atoms with Crippen LogP contribution in [0.15, 0.2) is 29.2 Å². The first kappa shape index (κ1) is 12.9. The smallest absolute Gasteiger partial charge is 0.347 e. The first-order chi connectivity index (χ1) is 7.69. The number of thioether (sulfide) groups is 1. The van der Waals surface area contributed by atoms with Crippen LogP contribution in [0.2, 0.25) is 0 Å². The molecule has 0 bridgehead atoms. The van der Waals surface area contributed by atoms with Crippen molar-refractivity contribution in [2.24, 2.45) is 0 Å². The van der Waals surface area contributed by atoms with Gasteiger partial charge in [-0.3, -0.25) is 0 Å². The van der Waals surface area contributed by atoms with Crippen LogP contribution >= 0.6 is 11.8 Å². The Kier molecular flexibility index (Phi) is 5.19. The third kappa shape index (κ3) is 3.45. The number of ether oxygens (including phenoxy) is 2. The molecular formula is C12H16O3S. The summed E-state index contributed by atoms with van der Waals surface area (Å²) < 4.78 is 10.4. The van der Waals surface area contributed by atoms with Gasteiger partial charge < -0.3 is 9.47 Å². The van der Waals surface area contributed by atoms with E-state index in [9.17, 15) is 4.79 Å². The zero-order valence-electron chi connectivity index (χ0n) is 9.73. The van der Waals surface area contributed by atoms with Crippen LogP contribution in [0.5, 0.6) is 5.75 Å². The van der Waals surface area contributed by atoms with Crippen LogP contribution in [-0.4, -0.2) is 24.9 Å².